The lowest BCUT2D eigenvalue weighted by Crippen LogP contribution is -2.25. The number of nitrogens with zero attached hydrogens (tertiary/aromatic N) is 1. The molecule has 0 radical (unpaired) electrons. The largest absolute Gasteiger partial charge is 0.370 e. The van der Waals surface area contributed by atoms with Gasteiger partial charge in [0, 0.05) is 6.20 Å². The number of pyridine rings is 1. The third kappa shape index (κ3) is 1.98. The molecule has 4 N–H and O–H groups in total. The number of hydrogen-bond donors (Lipinski definition) is 3. The molecule has 1 rings (SSSR count). The Kier molecular flexibility index (Phi) is 2.33. The highest BCUT2D eigenvalue weighted by Crippen LogP contribution is 1.98. The fourth-order valence-electron chi connectivity index (χ4n) is 0.974. The standard InChI is InChI=1S/C7H11BN4/c1-4-2-5(8)6(11-3-4)12-7(9)10/h2-3H,8H2,1H3,(H4,9,10,11,12). The molecule has 0 amide bonds. The number of rotatable bonds is 1. The van der Waals surface area contributed by atoms with Crippen molar-refractivity contribution in [2.75, 3.05) is 5.32 Å². The molecule has 5 heteroatoms. The van der Waals surface area contributed by atoms with Crippen molar-refractivity contribution < 1.29 is 0 Å². The molecular formula is C7H11BN4. The normalized spacial score (nSPS) is 9.42. The summed E-state index contributed by atoms with van der Waals surface area (Å²) in [5, 5.41) is 9.66. The lowest BCUT2D eigenvalue weighted by atomic mass is 9.96. The Morgan fingerprint density at radius 1 is 1.75 bits per heavy atom. The monoisotopic (exact) mass is 162 g/mol. The van der Waals surface area contributed by atoms with Gasteiger partial charge in [0.05, 0.1) is 0 Å². The van der Waals surface area contributed by atoms with Crippen LogP contribution in [-0.4, -0.2) is 18.8 Å². The van der Waals surface area contributed by atoms with Gasteiger partial charge >= 0.3 is 0 Å². The SMILES string of the molecule is Bc1cc(C)cnc1NC(=N)N. The Bertz CT molecular complexity index is 310. The van der Waals surface area contributed by atoms with Crippen molar-refractivity contribution in [3.8, 4) is 0 Å². The van der Waals surface area contributed by atoms with Crippen LogP contribution in [0.15, 0.2) is 12.3 Å². The first-order valence-electron chi connectivity index (χ1n) is 3.64. The summed E-state index contributed by atoms with van der Waals surface area (Å²) in [5.41, 5.74) is 7.25. The van der Waals surface area contributed by atoms with Crippen LogP contribution in [0.3, 0.4) is 0 Å². The minimum Gasteiger partial charge on any atom is -0.370 e. The van der Waals surface area contributed by atoms with Crippen molar-refractivity contribution in [2.24, 2.45) is 5.73 Å². The highest BCUT2D eigenvalue weighted by Gasteiger charge is 1.98. The van der Waals surface area contributed by atoms with Crippen molar-refractivity contribution in [3.05, 3.63) is 17.8 Å². The minimum atomic E-state index is -0.0885. The first-order chi connectivity index (χ1) is 5.59. The quantitative estimate of drug-likeness (QED) is 0.280. The Morgan fingerprint density at radius 3 is 2.92 bits per heavy atom. The van der Waals surface area contributed by atoms with Gasteiger partial charge in [-0.25, -0.2) is 4.98 Å². The summed E-state index contributed by atoms with van der Waals surface area (Å²) >= 11 is 0. The van der Waals surface area contributed by atoms with E-state index in [1.807, 2.05) is 20.8 Å². The van der Waals surface area contributed by atoms with Gasteiger partial charge in [0.2, 0.25) is 0 Å². The van der Waals surface area contributed by atoms with Gasteiger partial charge in [-0.15, -0.1) is 0 Å². The number of anilines is 1. The minimum absolute atomic E-state index is 0.0885. The molecule has 62 valence electrons. The Morgan fingerprint density at radius 2 is 2.42 bits per heavy atom. The van der Waals surface area contributed by atoms with Gasteiger partial charge in [-0.05, 0) is 17.9 Å². The van der Waals surface area contributed by atoms with E-state index in [9.17, 15) is 0 Å². The highest BCUT2D eigenvalue weighted by atomic mass is 15.1. The van der Waals surface area contributed by atoms with Crippen molar-refractivity contribution in [1.82, 2.24) is 4.98 Å². The lowest BCUT2D eigenvalue weighted by Gasteiger charge is -2.06. The van der Waals surface area contributed by atoms with E-state index in [4.69, 9.17) is 11.1 Å². The number of aromatic nitrogens is 1. The molecule has 0 saturated carbocycles. The topological polar surface area (TPSA) is 74.8 Å². The van der Waals surface area contributed by atoms with E-state index < -0.39 is 0 Å². The van der Waals surface area contributed by atoms with Crippen LogP contribution in [-0.2, 0) is 0 Å². The van der Waals surface area contributed by atoms with Gasteiger partial charge in [-0.1, -0.05) is 6.07 Å². The number of nitrogens with two attached hydrogens (primary N) is 1. The van der Waals surface area contributed by atoms with Crippen LogP contribution < -0.4 is 16.5 Å². The first-order valence-corrected chi connectivity index (χ1v) is 3.64. The summed E-state index contributed by atoms with van der Waals surface area (Å²) in [6.07, 6.45) is 1.73. The van der Waals surface area contributed by atoms with Crippen LogP contribution in [0.1, 0.15) is 5.56 Å². The predicted octanol–water partition coefficient (Wildman–Crippen LogP) is -1.05. The summed E-state index contributed by atoms with van der Waals surface area (Å²) in [7, 11) is 1.92. The molecule has 0 aliphatic carbocycles. The van der Waals surface area contributed by atoms with E-state index in [1.165, 1.54) is 0 Å². The van der Waals surface area contributed by atoms with Crippen LogP contribution in [0.4, 0.5) is 5.82 Å². The smallest absolute Gasteiger partial charge is 0.191 e. The number of hydrogen-bond acceptors (Lipinski definition) is 2. The third-order valence-corrected chi connectivity index (χ3v) is 1.47. The summed E-state index contributed by atoms with van der Waals surface area (Å²) in [6, 6.07) is 1.98. The van der Waals surface area contributed by atoms with Crippen molar-refractivity contribution in [3.63, 3.8) is 0 Å². The second kappa shape index (κ2) is 3.25. The zero-order valence-electron chi connectivity index (χ0n) is 7.18. The van der Waals surface area contributed by atoms with E-state index in [1.54, 1.807) is 6.20 Å². The van der Waals surface area contributed by atoms with Gasteiger partial charge in [0.25, 0.3) is 0 Å². The zero-order chi connectivity index (χ0) is 9.14. The molecule has 0 spiro atoms. The van der Waals surface area contributed by atoms with Crippen molar-refractivity contribution >= 4 is 25.1 Å². The number of nitrogens with one attached hydrogen (secondary N) is 2. The maximum atomic E-state index is 7.01. The van der Waals surface area contributed by atoms with Crippen LogP contribution in [0.5, 0.6) is 0 Å². The van der Waals surface area contributed by atoms with E-state index in [2.05, 4.69) is 10.3 Å². The average molecular weight is 162 g/mol. The fourth-order valence-corrected chi connectivity index (χ4v) is 0.974. The second-order valence-electron chi connectivity index (χ2n) is 2.72. The molecule has 0 aromatic carbocycles. The third-order valence-electron chi connectivity index (χ3n) is 1.47. The van der Waals surface area contributed by atoms with Gasteiger partial charge in [-0.3, -0.25) is 5.41 Å². The maximum Gasteiger partial charge on any atom is 0.191 e. The number of guanidine groups is 1. The Labute approximate surface area is 72.1 Å². The molecule has 12 heavy (non-hydrogen) atoms. The van der Waals surface area contributed by atoms with Gasteiger partial charge < -0.3 is 11.1 Å². The summed E-state index contributed by atoms with van der Waals surface area (Å²) in [4.78, 5) is 4.09. The van der Waals surface area contributed by atoms with Crippen molar-refractivity contribution in [1.29, 1.82) is 5.41 Å². The molecule has 0 aliphatic rings. The lowest BCUT2D eigenvalue weighted by molar-refractivity contribution is 1.27. The molecular weight excluding hydrogens is 151 g/mol. The molecule has 1 aromatic heterocycles. The molecule has 0 fully saturated rings. The number of aryl methyl sites for hydroxylation is 1. The van der Waals surface area contributed by atoms with E-state index in [-0.39, 0.29) is 5.96 Å². The molecule has 0 aliphatic heterocycles. The van der Waals surface area contributed by atoms with Crippen LogP contribution >= 0.6 is 0 Å². The van der Waals surface area contributed by atoms with Gasteiger partial charge in [-0.2, -0.15) is 0 Å². The molecule has 0 atom stereocenters. The zero-order valence-corrected chi connectivity index (χ0v) is 7.18. The molecule has 0 saturated heterocycles. The van der Waals surface area contributed by atoms with E-state index >= 15 is 0 Å². The van der Waals surface area contributed by atoms with E-state index in [0.29, 0.717) is 5.82 Å². The molecule has 4 nitrogen and oxygen atoms in total. The van der Waals surface area contributed by atoms with Crippen LogP contribution in [0, 0.1) is 12.3 Å². The van der Waals surface area contributed by atoms with E-state index in [0.717, 1.165) is 11.0 Å². The molecule has 1 aromatic rings. The molecule has 1 heterocycles. The molecule has 0 bridgehead atoms. The Hall–Kier alpha value is -1.52. The van der Waals surface area contributed by atoms with Gasteiger partial charge in [0.1, 0.15) is 13.7 Å². The summed E-state index contributed by atoms with van der Waals surface area (Å²) < 4.78 is 0. The Balaban J connectivity index is 2.93. The highest BCUT2D eigenvalue weighted by molar-refractivity contribution is 6.36. The second-order valence-corrected chi connectivity index (χ2v) is 2.72. The van der Waals surface area contributed by atoms with Crippen LogP contribution in [0.2, 0.25) is 0 Å². The van der Waals surface area contributed by atoms with Crippen LogP contribution in [0.25, 0.3) is 0 Å². The summed E-state index contributed by atoms with van der Waals surface area (Å²) in [5.74, 6) is 0.558. The van der Waals surface area contributed by atoms with Gasteiger partial charge in [0.15, 0.2) is 5.96 Å². The predicted molar refractivity (Wildman–Crippen MR) is 52.7 cm³/mol. The van der Waals surface area contributed by atoms with Crippen molar-refractivity contribution in [2.45, 2.75) is 6.92 Å². The molecule has 0 unspecified atom stereocenters. The first kappa shape index (κ1) is 8.58. The average Bonchev–Trinajstić information content (AvgIpc) is 1.94. The maximum absolute atomic E-state index is 7.01. The summed E-state index contributed by atoms with van der Waals surface area (Å²) in [6.45, 7) is 1.97. The fraction of sp³-hybridized carbons (Fsp3) is 0.143.